The summed E-state index contributed by atoms with van der Waals surface area (Å²) in [5, 5.41) is 11.9. The van der Waals surface area contributed by atoms with E-state index in [1.807, 2.05) is 13.8 Å². The van der Waals surface area contributed by atoms with Gasteiger partial charge in [-0.25, -0.2) is 4.79 Å². The summed E-state index contributed by atoms with van der Waals surface area (Å²) < 4.78 is 5.37. The Morgan fingerprint density at radius 2 is 2.00 bits per heavy atom. The van der Waals surface area contributed by atoms with Crippen LogP contribution in [0.25, 0.3) is 0 Å². The molecule has 0 spiro atoms. The van der Waals surface area contributed by atoms with Gasteiger partial charge in [-0.2, -0.15) is 0 Å². The minimum atomic E-state index is -1.03. The molecule has 0 unspecified atom stereocenters. The molecular formula is C15H23NO4S. The molecule has 118 valence electrons. The first-order valence-electron chi connectivity index (χ1n) is 7.07. The van der Waals surface area contributed by atoms with Crippen LogP contribution in [0.2, 0.25) is 0 Å². The van der Waals surface area contributed by atoms with Crippen molar-refractivity contribution < 1.29 is 19.4 Å². The number of ether oxygens (including phenoxy) is 1. The van der Waals surface area contributed by atoms with E-state index in [0.29, 0.717) is 12.5 Å². The lowest BCUT2D eigenvalue weighted by atomic mass is 10.1. The molecule has 0 aliphatic carbocycles. The van der Waals surface area contributed by atoms with Crippen LogP contribution >= 0.6 is 11.3 Å². The maximum Gasteiger partial charge on any atom is 0.349 e. The van der Waals surface area contributed by atoms with Crippen molar-refractivity contribution in [3.05, 3.63) is 15.8 Å². The number of carboxylic acids is 1. The average Bonchev–Trinajstić information content (AvgIpc) is 2.80. The smallest absolute Gasteiger partial charge is 0.349 e. The molecule has 0 bridgehead atoms. The van der Waals surface area contributed by atoms with Gasteiger partial charge in [-0.1, -0.05) is 27.7 Å². The van der Waals surface area contributed by atoms with Crippen LogP contribution in [-0.4, -0.2) is 30.1 Å². The van der Waals surface area contributed by atoms with Gasteiger partial charge in [0.1, 0.15) is 5.75 Å². The molecule has 0 aliphatic heterocycles. The van der Waals surface area contributed by atoms with Gasteiger partial charge < -0.3 is 15.2 Å². The molecule has 21 heavy (non-hydrogen) atoms. The average molecular weight is 313 g/mol. The van der Waals surface area contributed by atoms with Crippen LogP contribution in [0.4, 0.5) is 0 Å². The number of aromatic carboxylic acids is 1. The first-order valence-corrected chi connectivity index (χ1v) is 7.89. The van der Waals surface area contributed by atoms with E-state index < -0.39 is 5.97 Å². The summed E-state index contributed by atoms with van der Waals surface area (Å²) in [6, 6.07) is 1.71. The summed E-state index contributed by atoms with van der Waals surface area (Å²) in [6.45, 7) is 8.58. The number of nitrogens with one attached hydrogen (secondary N) is 1. The van der Waals surface area contributed by atoms with Gasteiger partial charge in [0.05, 0.1) is 0 Å². The van der Waals surface area contributed by atoms with Crippen molar-refractivity contribution >= 4 is 23.2 Å². The fourth-order valence-corrected chi connectivity index (χ4v) is 2.57. The van der Waals surface area contributed by atoms with E-state index in [2.05, 4.69) is 19.2 Å². The number of carbonyl (C=O) groups excluding carboxylic acids is 1. The van der Waals surface area contributed by atoms with Crippen molar-refractivity contribution in [2.45, 2.75) is 40.0 Å². The van der Waals surface area contributed by atoms with E-state index in [-0.39, 0.29) is 29.1 Å². The predicted molar refractivity (Wildman–Crippen MR) is 83.3 cm³/mol. The molecule has 0 aromatic carbocycles. The Hall–Kier alpha value is -1.56. The zero-order valence-corrected chi connectivity index (χ0v) is 13.8. The molecule has 6 heteroatoms. The largest absolute Gasteiger partial charge is 0.482 e. The number of carboxylic acid groups (broad SMARTS) is 1. The topological polar surface area (TPSA) is 75.6 Å². The van der Waals surface area contributed by atoms with Crippen LogP contribution in [0.15, 0.2) is 6.07 Å². The van der Waals surface area contributed by atoms with Crippen LogP contribution in [0.1, 0.15) is 54.6 Å². The zero-order valence-electron chi connectivity index (χ0n) is 12.9. The quantitative estimate of drug-likeness (QED) is 0.773. The maximum absolute atomic E-state index is 11.6. The second-order valence-electron chi connectivity index (χ2n) is 5.62. The van der Waals surface area contributed by atoms with Crippen LogP contribution in [-0.2, 0) is 4.79 Å². The highest BCUT2D eigenvalue weighted by Gasteiger charge is 2.19. The van der Waals surface area contributed by atoms with Gasteiger partial charge in [-0.3, -0.25) is 4.79 Å². The fourth-order valence-electron chi connectivity index (χ4n) is 1.63. The van der Waals surface area contributed by atoms with Gasteiger partial charge >= 0.3 is 5.97 Å². The molecule has 2 N–H and O–H groups in total. The van der Waals surface area contributed by atoms with Crippen LogP contribution in [0.5, 0.6) is 5.75 Å². The molecule has 5 nitrogen and oxygen atoms in total. The SMILES string of the molecule is CC(C)CCNC(=O)COc1cc(C(C)C)sc1C(=O)O. The molecule has 1 aromatic rings. The summed E-state index contributed by atoms with van der Waals surface area (Å²) in [4.78, 5) is 23.9. The second-order valence-corrected chi connectivity index (χ2v) is 6.71. The highest BCUT2D eigenvalue weighted by molar-refractivity contribution is 7.14. The Kier molecular flexibility index (Phi) is 6.68. The molecule has 1 amide bonds. The summed E-state index contributed by atoms with van der Waals surface area (Å²) >= 11 is 1.19. The third-order valence-corrected chi connectivity index (χ3v) is 4.29. The Morgan fingerprint density at radius 1 is 1.33 bits per heavy atom. The summed E-state index contributed by atoms with van der Waals surface area (Å²) in [6.07, 6.45) is 0.905. The van der Waals surface area contributed by atoms with Gasteiger partial charge in [0.2, 0.25) is 0 Å². The van der Waals surface area contributed by atoms with Crippen molar-refractivity contribution in [2.75, 3.05) is 13.2 Å². The molecule has 1 heterocycles. The third-order valence-electron chi connectivity index (χ3n) is 2.88. The van der Waals surface area contributed by atoms with Gasteiger partial charge in [0.25, 0.3) is 5.91 Å². The van der Waals surface area contributed by atoms with Crippen molar-refractivity contribution in [3.8, 4) is 5.75 Å². The monoisotopic (exact) mass is 313 g/mol. The number of amides is 1. The molecule has 0 saturated carbocycles. The molecule has 1 rings (SSSR count). The van der Waals surface area contributed by atoms with Gasteiger partial charge in [0.15, 0.2) is 11.5 Å². The lowest BCUT2D eigenvalue weighted by molar-refractivity contribution is -0.123. The number of hydrogen-bond donors (Lipinski definition) is 2. The standard InChI is InChI=1S/C15H23NO4S/c1-9(2)5-6-16-13(17)8-20-11-7-12(10(3)4)21-14(11)15(18)19/h7,9-10H,5-6,8H2,1-4H3,(H,16,17)(H,18,19). The van der Waals surface area contributed by atoms with Gasteiger partial charge in [-0.15, -0.1) is 11.3 Å². The molecule has 0 aliphatic rings. The zero-order chi connectivity index (χ0) is 16.0. The van der Waals surface area contributed by atoms with E-state index in [1.165, 1.54) is 11.3 Å². The molecule has 0 radical (unpaired) electrons. The van der Waals surface area contributed by atoms with E-state index in [1.54, 1.807) is 6.07 Å². The molecule has 0 saturated heterocycles. The Labute approximate surface area is 129 Å². The molecular weight excluding hydrogens is 290 g/mol. The lowest BCUT2D eigenvalue weighted by Crippen LogP contribution is -2.30. The van der Waals surface area contributed by atoms with Crippen LogP contribution in [0.3, 0.4) is 0 Å². The minimum absolute atomic E-state index is 0.147. The van der Waals surface area contributed by atoms with E-state index in [9.17, 15) is 9.59 Å². The van der Waals surface area contributed by atoms with Gasteiger partial charge in [-0.05, 0) is 24.3 Å². The number of carbonyl (C=O) groups is 2. The Morgan fingerprint density at radius 3 is 2.52 bits per heavy atom. The summed E-state index contributed by atoms with van der Waals surface area (Å²) in [5.74, 6) is -0.234. The Balaban J connectivity index is 2.58. The van der Waals surface area contributed by atoms with E-state index >= 15 is 0 Å². The second kappa shape index (κ2) is 8.02. The van der Waals surface area contributed by atoms with Crippen molar-refractivity contribution in [3.63, 3.8) is 0 Å². The van der Waals surface area contributed by atoms with Crippen LogP contribution in [0, 0.1) is 5.92 Å². The highest BCUT2D eigenvalue weighted by atomic mass is 32.1. The first kappa shape index (κ1) is 17.5. The number of hydrogen-bond acceptors (Lipinski definition) is 4. The predicted octanol–water partition coefficient (Wildman–Crippen LogP) is 3.11. The molecule has 0 fully saturated rings. The lowest BCUT2D eigenvalue weighted by Gasteiger charge is -2.08. The Bertz CT molecular complexity index is 494. The fraction of sp³-hybridized carbons (Fsp3) is 0.600. The molecule has 1 aromatic heterocycles. The van der Waals surface area contributed by atoms with Crippen LogP contribution < -0.4 is 10.1 Å². The minimum Gasteiger partial charge on any atom is -0.482 e. The van der Waals surface area contributed by atoms with Crippen molar-refractivity contribution in [1.29, 1.82) is 0 Å². The number of rotatable bonds is 8. The van der Waals surface area contributed by atoms with E-state index in [0.717, 1.165) is 11.3 Å². The summed E-state index contributed by atoms with van der Waals surface area (Å²) in [5.41, 5.74) is 0. The number of thiophene rings is 1. The first-order chi connectivity index (χ1) is 9.81. The van der Waals surface area contributed by atoms with Gasteiger partial charge in [0, 0.05) is 11.4 Å². The maximum atomic E-state index is 11.6. The third kappa shape index (κ3) is 5.75. The normalized spacial score (nSPS) is 11.0. The highest BCUT2D eigenvalue weighted by Crippen LogP contribution is 2.33. The van der Waals surface area contributed by atoms with Crippen molar-refractivity contribution in [2.24, 2.45) is 5.92 Å². The molecule has 0 atom stereocenters. The van der Waals surface area contributed by atoms with E-state index in [4.69, 9.17) is 9.84 Å². The van der Waals surface area contributed by atoms with Crippen molar-refractivity contribution in [1.82, 2.24) is 5.32 Å². The summed E-state index contributed by atoms with van der Waals surface area (Å²) in [7, 11) is 0.